The van der Waals surface area contributed by atoms with E-state index in [-0.39, 0.29) is 5.41 Å². The minimum Gasteiger partial charge on any atom is -0.310 e. The number of hydrogen-bond acceptors (Lipinski definition) is 0. The average molecular weight is 285 g/mol. The molecule has 4 rings (SSSR count). The zero-order chi connectivity index (χ0) is 15.2. The molecule has 3 aromatic rings. The van der Waals surface area contributed by atoms with Crippen molar-refractivity contribution in [2.75, 3.05) is 0 Å². The van der Waals surface area contributed by atoms with Crippen LogP contribution < -0.4 is 10.6 Å². The zero-order valence-electron chi connectivity index (χ0n) is 13.0. The third-order valence-corrected chi connectivity index (χ3v) is 4.26. The van der Waals surface area contributed by atoms with Crippen molar-refractivity contribution in [2.45, 2.75) is 13.8 Å². The van der Waals surface area contributed by atoms with E-state index in [1.165, 1.54) is 27.2 Å². The molecule has 22 heavy (non-hydrogen) atoms. The topological polar surface area (TPSA) is 4.93 Å². The minimum atomic E-state index is 0.0443. The molecule has 0 N–H and O–H groups in total. The highest BCUT2D eigenvalue weighted by Crippen LogP contribution is 2.22. The van der Waals surface area contributed by atoms with E-state index in [1.54, 1.807) is 0 Å². The van der Waals surface area contributed by atoms with Gasteiger partial charge < -0.3 is 4.57 Å². The lowest BCUT2D eigenvalue weighted by molar-refractivity contribution is 0.667. The van der Waals surface area contributed by atoms with Crippen molar-refractivity contribution >= 4 is 23.1 Å². The number of para-hydroxylation sites is 2. The third kappa shape index (κ3) is 2.01. The first-order chi connectivity index (χ1) is 10.7. The number of aromatic nitrogens is 1. The molecular formula is C21H19N. The predicted octanol–water partition coefficient (Wildman–Crippen LogP) is 3.79. The Morgan fingerprint density at radius 1 is 0.864 bits per heavy atom. The van der Waals surface area contributed by atoms with Gasteiger partial charge in [0, 0.05) is 21.7 Å². The molecule has 1 aromatic heterocycles. The second-order valence-electron chi connectivity index (χ2n) is 6.48. The number of allylic oxidation sites excluding steroid dienone is 2. The van der Waals surface area contributed by atoms with E-state index in [0.29, 0.717) is 0 Å². The molecule has 1 heteroatoms. The van der Waals surface area contributed by atoms with Crippen LogP contribution >= 0.6 is 0 Å². The normalized spacial score (nSPS) is 15.7. The van der Waals surface area contributed by atoms with Crippen LogP contribution in [0.25, 0.3) is 28.7 Å². The fourth-order valence-corrected chi connectivity index (χ4v) is 3.25. The van der Waals surface area contributed by atoms with Crippen molar-refractivity contribution in [1.82, 2.24) is 4.57 Å². The van der Waals surface area contributed by atoms with Crippen LogP contribution in [0.4, 0.5) is 0 Å². The van der Waals surface area contributed by atoms with E-state index < -0.39 is 0 Å². The van der Waals surface area contributed by atoms with E-state index in [9.17, 15) is 0 Å². The fourth-order valence-electron chi connectivity index (χ4n) is 3.25. The molecule has 0 unspecified atom stereocenters. The van der Waals surface area contributed by atoms with E-state index in [4.69, 9.17) is 0 Å². The van der Waals surface area contributed by atoms with Crippen molar-refractivity contribution < 1.29 is 0 Å². The molecule has 108 valence electrons. The van der Waals surface area contributed by atoms with Crippen LogP contribution in [0, 0.1) is 5.41 Å². The van der Waals surface area contributed by atoms with Crippen LogP contribution in [0.3, 0.4) is 0 Å². The van der Waals surface area contributed by atoms with Crippen LogP contribution in [0.15, 0.2) is 66.7 Å². The highest BCUT2D eigenvalue weighted by atomic mass is 15.0. The molecule has 1 aliphatic rings. The van der Waals surface area contributed by atoms with Crippen molar-refractivity contribution in [2.24, 2.45) is 5.41 Å². The monoisotopic (exact) mass is 285 g/mol. The van der Waals surface area contributed by atoms with E-state index in [0.717, 1.165) is 0 Å². The van der Waals surface area contributed by atoms with Crippen molar-refractivity contribution in [3.05, 3.63) is 77.3 Å². The summed E-state index contributed by atoms with van der Waals surface area (Å²) in [4.78, 5) is 0. The molecule has 0 radical (unpaired) electrons. The van der Waals surface area contributed by atoms with Gasteiger partial charge >= 0.3 is 0 Å². The fraction of sp³-hybridized carbons (Fsp3) is 0.143. The van der Waals surface area contributed by atoms with Gasteiger partial charge in [-0.3, -0.25) is 0 Å². The Morgan fingerprint density at radius 3 is 2.41 bits per heavy atom. The van der Waals surface area contributed by atoms with Gasteiger partial charge in [0.1, 0.15) is 0 Å². The molecule has 0 fully saturated rings. The van der Waals surface area contributed by atoms with Crippen LogP contribution in [0.2, 0.25) is 0 Å². The lowest BCUT2D eigenvalue weighted by atomic mass is 9.93. The number of fused-ring (bicyclic) bond motifs is 3. The largest absolute Gasteiger partial charge is 0.310 e. The lowest BCUT2D eigenvalue weighted by Gasteiger charge is -2.14. The summed E-state index contributed by atoms with van der Waals surface area (Å²) in [6.45, 7) is 4.50. The molecule has 1 aliphatic carbocycles. The van der Waals surface area contributed by atoms with Crippen LogP contribution in [-0.4, -0.2) is 4.57 Å². The summed E-state index contributed by atoms with van der Waals surface area (Å²) < 4.78 is 2.37. The van der Waals surface area contributed by atoms with Gasteiger partial charge in [0.15, 0.2) is 0 Å². The summed E-state index contributed by atoms with van der Waals surface area (Å²) in [6.07, 6.45) is 9.05. The molecule has 0 atom stereocenters. The van der Waals surface area contributed by atoms with Gasteiger partial charge in [-0.05, 0) is 18.2 Å². The first-order valence-electron chi connectivity index (χ1n) is 7.73. The molecule has 0 bridgehead atoms. The van der Waals surface area contributed by atoms with Gasteiger partial charge in [-0.15, -0.1) is 0 Å². The quantitative estimate of drug-likeness (QED) is 0.641. The number of benzene rings is 2. The SMILES string of the molecule is CC1(C)C=CC=c2c(n(-c3ccccc3)c3ccccc23)=C1. The maximum Gasteiger partial charge on any atom is 0.0540 e. The maximum absolute atomic E-state index is 2.37. The zero-order valence-corrected chi connectivity index (χ0v) is 13.0. The Labute approximate surface area is 130 Å². The Hall–Kier alpha value is -2.54. The van der Waals surface area contributed by atoms with Gasteiger partial charge in [0.05, 0.1) is 10.9 Å². The van der Waals surface area contributed by atoms with E-state index in [2.05, 4.69) is 97.3 Å². The maximum atomic E-state index is 2.37. The van der Waals surface area contributed by atoms with E-state index in [1.807, 2.05) is 0 Å². The summed E-state index contributed by atoms with van der Waals surface area (Å²) in [6, 6.07) is 19.3. The van der Waals surface area contributed by atoms with Gasteiger partial charge in [-0.1, -0.05) is 74.5 Å². The number of rotatable bonds is 1. The van der Waals surface area contributed by atoms with Crippen LogP contribution in [0.1, 0.15) is 13.8 Å². The van der Waals surface area contributed by atoms with Crippen molar-refractivity contribution in [1.29, 1.82) is 0 Å². The third-order valence-electron chi connectivity index (χ3n) is 4.26. The Kier molecular flexibility index (Phi) is 2.83. The summed E-state index contributed by atoms with van der Waals surface area (Å²) in [5, 5.41) is 3.89. The second kappa shape index (κ2) is 4.74. The number of hydrogen-bond donors (Lipinski definition) is 0. The molecule has 0 aliphatic heterocycles. The van der Waals surface area contributed by atoms with Gasteiger partial charge in [-0.25, -0.2) is 0 Å². The summed E-state index contributed by atoms with van der Waals surface area (Å²) >= 11 is 0. The standard InChI is InChI=1S/C21H19N/c1-21(2)14-8-12-18-17-11-6-7-13-19(17)22(20(18)15-21)16-9-4-3-5-10-16/h3-15H,1-2H3. The summed E-state index contributed by atoms with van der Waals surface area (Å²) in [5.41, 5.74) is 2.52. The molecule has 0 amide bonds. The Morgan fingerprint density at radius 2 is 1.59 bits per heavy atom. The summed E-state index contributed by atoms with van der Waals surface area (Å²) in [5.74, 6) is 0. The molecule has 2 aromatic carbocycles. The van der Waals surface area contributed by atoms with Crippen LogP contribution in [-0.2, 0) is 0 Å². The first kappa shape index (κ1) is 13.1. The molecule has 0 saturated carbocycles. The van der Waals surface area contributed by atoms with Crippen molar-refractivity contribution in [3.8, 4) is 5.69 Å². The molecule has 1 heterocycles. The van der Waals surface area contributed by atoms with Gasteiger partial charge in [-0.2, -0.15) is 0 Å². The Balaban J connectivity index is 2.24. The predicted molar refractivity (Wildman–Crippen MR) is 94.4 cm³/mol. The molecular weight excluding hydrogens is 266 g/mol. The Bertz CT molecular complexity index is 986. The smallest absolute Gasteiger partial charge is 0.0540 e. The lowest BCUT2D eigenvalue weighted by Crippen LogP contribution is -2.29. The number of nitrogens with zero attached hydrogens (tertiary/aromatic N) is 1. The highest BCUT2D eigenvalue weighted by molar-refractivity contribution is 5.84. The summed E-state index contributed by atoms with van der Waals surface area (Å²) in [7, 11) is 0. The van der Waals surface area contributed by atoms with E-state index >= 15 is 0 Å². The van der Waals surface area contributed by atoms with Crippen LogP contribution in [0.5, 0.6) is 0 Å². The molecule has 0 saturated heterocycles. The first-order valence-corrected chi connectivity index (χ1v) is 7.73. The molecule has 0 spiro atoms. The average Bonchev–Trinajstić information content (AvgIpc) is 2.71. The minimum absolute atomic E-state index is 0.0443. The highest BCUT2D eigenvalue weighted by Gasteiger charge is 2.15. The second-order valence-corrected chi connectivity index (χ2v) is 6.48. The van der Waals surface area contributed by atoms with Gasteiger partial charge in [0.25, 0.3) is 0 Å². The molecule has 1 nitrogen and oxygen atoms in total. The van der Waals surface area contributed by atoms with Crippen molar-refractivity contribution in [3.63, 3.8) is 0 Å². The van der Waals surface area contributed by atoms with Gasteiger partial charge in [0.2, 0.25) is 0 Å².